The molecule has 0 heterocycles. The average molecular weight is 360 g/mol. The van der Waals surface area contributed by atoms with Gasteiger partial charge in [-0.2, -0.15) is 0 Å². The van der Waals surface area contributed by atoms with Crippen LogP contribution in [0, 0.1) is 5.41 Å². The number of hydrogen-bond acceptors (Lipinski definition) is 5. The molecule has 0 radical (unpaired) electrons. The first kappa shape index (κ1) is 19.0. The fourth-order valence-electron chi connectivity index (χ4n) is 3.84. The molecular formula is C21H28O5. The smallest absolute Gasteiger partial charge is 0.119 e. The van der Waals surface area contributed by atoms with Crippen molar-refractivity contribution >= 4 is 0 Å². The normalized spacial score (nSPS) is 20.6. The van der Waals surface area contributed by atoms with E-state index in [9.17, 15) is 10.2 Å². The molecule has 142 valence electrons. The second kappa shape index (κ2) is 7.43. The molecule has 26 heavy (non-hydrogen) atoms. The number of methoxy groups -OCH3 is 1. The minimum atomic E-state index is -1.18. The number of benzene rings is 1. The standard InChI is InChI=1S/C21H28O5/c1-21(2)10-17(26-12-20(24)19(23)11-22)8-15-6-13-4-5-16(25-3)7-14(13)9-18(15)21/h4-5,7,10,19-20,22-24H,6,8-9,11-12H2,1-3H3/t19-,20-/m1/s1. The van der Waals surface area contributed by atoms with E-state index < -0.39 is 18.8 Å². The lowest BCUT2D eigenvalue weighted by molar-refractivity contribution is -0.0461. The van der Waals surface area contributed by atoms with E-state index >= 15 is 0 Å². The summed E-state index contributed by atoms with van der Waals surface area (Å²) in [6.07, 6.45) is 2.34. The van der Waals surface area contributed by atoms with Crippen LogP contribution >= 0.6 is 0 Å². The maximum Gasteiger partial charge on any atom is 0.119 e. The van der Waals surface area contributed by atoms with E-state index in [0.29, 0.717) is 6.42 Å². The highest BCUT2D eigenvalue weighted by Crippen LogP contribution is 2.45. The van der Waals surface area contributed by atoms with Crippen LogP contribution in [0.5, 0.6) is 5.75 Å². The molecule has 2 aliphatic rings. The number of aliphatic hydroxyl groups excluding tert-OH is 3. The molecule has 5 heteroatoms. The van der Waals surface area contributed by atoms with Gasteiger partial charge in [0.05, 0.1) is 19.5 Å². The van der Waals surface area contributed by atoms with Crippen LogP contribution in [0.25, 0.3) is 0 Å². The third-order valence-electron chi connectivity index (χ3n) is 5.37. The van der Waals surface area contributed by atoms with Gasteiger partial charge in [-0.15, -0.1) is 0 Å². The topological polar surface area (TPSA) is 79.2 Å². The first-order valence-electron chi connectivity index (χ1n) is 9.02. The minimum Gasteiger partial charge on any atom is -0.497 e. The Hall–Kier alpha value is -1.82. The Morgan fingerprint density at radius 2 is 1.85 bits per heavy atom. The number of aliphatic hydroxyl groups is 3. The van der Waals surface area contributed by atoms with Crippen LogP contribution in [0.4, 0.5) is 0 Å². The summed E-state index contributed by atoms with van der Waals surface area (Å²) in [5.41, 5.74) is 5.28. The molecule has 0 bridgehead atoms. The molecule has 2 aliphatic carbocycles. The summed E-state index contributed by atoms with van der Waals surface area (Å²) in [5, 5.41) is 28.2. The molecular weight excluding hydrogens is 332 g/mol. The summed E-state index contributed by atoms with van der Waals surface area (Å²) in [6.45, 7) is 3.84. The summed E-state index contributed by atoms with van der Waals surface area (Å²) >= 11 is 0. The van der Waals surface area contributed by atoms with E-state index in [2.05, 4.69) is 32.1 Å². The number of fused-ring (bicyclic) bond motifs is 1. The van der Waals surface area contributed by atoms with Gasteiger partial charge in [-0.05, 0) is 42.2 Å². The Morgan fingerprint density at radius 1 is 1.08 bits per heavy atom. The van der Waals surface area contributed by atoms with Gasteiger partial charge in [0.2, 0.25) is 0 Å². The molecule has 0 aromatic heterocycles. The SMILES string of the molecule is COc1ccc2c(c1)CC1=C(CC(OC[C@@H](O)[C@H](O)CO)=CC1(C)C)C2. The molecule has 0 unspecified atom stereocenters. The monoisotopic (exact) mass is 360 g/mol. The molecule has 2 atom stereocenters. The summed E-state index contributed by atoms with van der Waals surface area (Å²) in [6, 6.07) is 6.25. The summed E-state index contributed by atoms with van der Waals surface area (Å²) < 4.78 is 11.1. The van der Waals surface area contributed by atoms with Gasteiger partial charge >= 0.3 is 0 Å². The maximum absolute atomic E-state index is 9.80. The van der Waals surface area contributed by atoms with Crippen LogP contribution in [0.2, 0.25) is 0 Å². The van der Waals surface area contributed by atoms with Crippen LogP contribution in [-0.4, -0.2) is 47.9 Å². The molecule has 0 fully saturated rings. The van der Waals surface area contributed by atoms with Crippen molar-refractivity contribution < 1.29 is 24.8 Å². The lowest BCUT2D eigenvalue weighted by Gasteiger charge is -2.37. The highest BCUT2D eigenvalue weighted by molar-refractivity contribution is 5.49. The fraction of sp³-hybridized carbons (Fsp3) is 0.524. The Bertz CT molecular complexity index is 732. The second-order valence-corrected chi connectivity index (χ2v) is 7.71. The number of rotatable bonds is 6. The van der Waals surface area contributed by atoms with E-state index in [4.69, 9.17) is 14.6 Å². The zero-order chi connectivity index (χ0) is 18.9. The van der Waals surface area contributed by atoms with E-state index in [1.54, 1.807) is 7.11 Å². The third-order valence-corrected chi connectivity index (χ3v) is 5.37. The molecule has 0 saturated heterocycles. The predicted molar refractivity (Wildman–Crippen MR) is 99.0 cm³/mol. The maximum atomic E-state index is 9.80. The lowest BCUT2D eigenvalue weighted by atomic mass is 9.69. The Labute approximate surface area is 154 Å². The van der Waals surface area contributed by atoms with Crippen molar-refractivity contribution in [2.75, 3.05) is 20.3 Å². The number of ether oxygens (including phenoxy) is 2. The summed E-state index contributed by atoms with van der Waals surface area (Å²) in [4.78, 5) is 0. The van der Waals surface area contributed by atoms with E-state index in [0.717, 1.165) is 24.4 Å². The molecule has 0 spiro atoms. The van der Waals surface area contributed by atoms with Crippen molar-refractivity contribution in [3.63, 3.8) is 0 Å². The van der Waals surface area contributed by atoms with Crippen LogP contribution in [0.1, 0.15) is 31.4 Å². The van der Waals surface area contributed by atoms with Crippen LogP contribution in [0.15, 0.2) is 41.2 Å². The zero-order valence-corrected chi connectivity index (χ0v) is 15.7. The van der Waals surface area contributed by atoms with Gasteiger partial charge < -0.3 is 24.8 Å². The predicted octanol–water partition coefficient (Wildman–Crippen LogP) is 2.13. The van der Waals surface area contributed by atoms with Gasteiger partial charge in [-0.25, -0.2) is 0 Å². The Kier molecular flexibility index (Phi) is 5.42. The molecule has 0 amide bonds. The summed E-state index contributed by atoms with van der Waals surface area (Å²) in [5.74, 6) is 1.70. The molecule has 0 saturated carbocycles. The number of hydrogen-bond donors (Lipinski definition) is 3. The molecule has 3 N–H and O–H groups in total. The third kappa shape index (κ3) is 3.80. The van der Waals surface area contributed by atoms with Crippen molar-refractivity contribution in [2.45, 2.75) is 45.3 Å². The minimum absolute atomic E-state index is 0.0277. The lowest BCUT2D eigenvalue weighted by Crippen LogP contribution is -2.33. The Balaban J connectivity index is 1.75. The van der Waals surface area contributed by atoms with Crippen LogP contribution < -0.4 is 4.74 Å². The second-order valence-electron chi connectivity index (χ2n) is 7.71. The van der Waals surface area contributed by atoms with Gasteiger partial charge in [0, 0.05) is 11.8 Å². The van der Waals surface area contributed by atoms with Crippen LogP contribution in [0.3, 0.4) is 0 Å². The first-order valence-corrected chi connectivity index (χ1v) is 9.02. The van der Waals surface area contributed by atoms with Gasteiger partial charge in [-0.3, -0.25) is 0 Å². The van der Waals surface area contributed by atoms with Gasteiger partial charge in [0.25, 0.3) is 0 Å². The van der Waals surface area contributed by atoms with E-state index in [1.165, 1.54) is 22.3 Å². The number of allylic oxidation sites excluding steroid dienone is 3. The molecule has 1 aromatic rings. The van der Waals surface area contributed by atoms with E-state index in [1.807, 2.05) is 6.07 Å². The highest BCUT2D eigenvalue weighted by Gasteiger charge is 2.33. The van der Waals surface area contributed by atoms with Crippen molar-refractivity contribution in [3.05, 3.63) is 52.3 Å². The van der Waals surface area contributed by atoms with Crippen molar-refractivity contribution in [2.24, 2.45) is 5.41 Å². The van der Waals surface area contributed by atoms with E-state index in [-0.39, 0.29) is 12.0 Å². The van der Waals surface area contributed by atoms with Crippen molar-refractivity contribution in [3.8, 4) is 5.75 Å². The highest BCUT2D eigenvalue weighted by atomic mass is 16.5. The largest absolute Gasteiger partial charge is 0.497 e. The van der Waals surface area contributed by atoms with Crippen molar-refractivity contribution in [1.29, 1.82) is 0 Å². The average Bonchev–Trinajstić information content (AvgIpc) is 2.63. The first-order chi connectivity index (χ1) is 12.3. The van der Waals surface area contributed by atoms with Gasteiger partial charge in [0.1, 0.15) is 24.6 Å². The van der Waals surface area contributed by atoms with Gasteiger partial charge in [0.15, 0.2) is 0 Å². The Morgan fingerprint density at radius 3 is 2.54 bits per heavy atom. The summed E-state index contributed by atoms with van der Waals surface area (Å²) in [7, 11) is 1.69. The van der Waals surface area contributed by atoms with Crippen LogP contribution in [-0.2, 0) is 17.6 Å². The van der Waals surface area contributed by atoms with Gasteiger partial charge in [-0.1, -0.05) is 31.1 Å². The van der Waals surface area contributed by atoms with Crippen molar-refractivity contribution in [1.82, 2.24) is 0 Å². The molecule has 5 nitrogen and oxygen atoms in total. The molecule has 0 aliphatic heterocycles. The quantitative estimate of drug-likeness (QED) is 0.678. The zero-order valence-electron chi connectivity index (χ0n) is 15.7. The molecule has 1 aromatic carbocycles. The molecule has 3 rings (SSSR count). The fourth-order valence-corrected chi connectivity index (χ4v) is 3.84.